The van der Waals surface area contributed by atoms with Gasteiger partial charge >= 0.3 is 0 Å². The highest BCUT2D eigenvalue weighted by Gasteiger charge is 2.28. The molecule has 3 heterocycles. The van der Waals surface area contributed by atoms with Gasteiger partial charge in [0.15, 0.2) is 5.69 Å². The SMILES string of the molecule is Cc1ccc(C(=O)N2CCN(C(=O)c3nn(-c4ccccc4)c(=O)c4ccccc34)CC2)s1. The Hall–Kier alpha value is -3.78. The highest BCUT2D eigenvalue weighted by atomic mass is 32.1. The Balaban J connectivity index is 1.44. The summed E-state index contributed by atoms with van der Waals surface area (Å²) >= 11 is 1.48. The van der Waals surface area contributed by atoms with Gasteiger partial charge in [0, 0.05) is 36.4 Å². The van der Waals surface area contributed by atoms with Gasteiger partial charge in [-0.2, -0.15) is 9.78 Å². The van der Waals surface area contributed by atoms with E-state index in [1.807, 2.05) is 37.3 Å². The first-order valence-electron chi connectivity index (χ1n) is 10.8. The van der Waals surface area contributed by atoms with E-state index in [1.165, 1.54) is 16.0 Å². The summed E-state index contributed by atoms with van der Waals surface area (Å²) in [5, 5.41) is 5.46. The van der Waals surface area contributed by atoms with Gasteiger partial charge < -0.3 is 9.80 Å². The molecule has 1 fully saturated rings. The van der Waals surface area contributed by atoms with Crippen LogP contribution in [0, 0.1) is 6.92 Å². The van der Waals surface area contributed by atoms with Crippen molar-refractivity contribution in [2.24, 2.45) is 0 Å². The van der Waals surface area contributed by atoms with Crippen LogP contribution in [0.1, 0.15) is 25.0 Å². The molecule has 166 valence electrons. The summed E-state index contributed by atoms with van der Waals surface area (Å²) in [6.45, 7) is 3.71. The lowest BCUT2D eigenvalue weighted by Crippen LogP contribution is -2.50. The van der Waals surface area contributed by atoms with E-state index < -0.39 is 0 Å². The Morgan fingerprint density at radius 2 is 1.39 bits per heavy atom. The van der Waals surface area contributed by atoms with E-state index in [4.69, 9.17) is 0 Å². The third kappa shape index (κ3) is 3.93. The van der Waals surface area contributed by atoms with Crippen molar-refractivity contribution in [3.63, 3.8) is 0 Å². The number of carbonyl (C=O) groups is 2. The molecule has 4 aromatic rings. The van der Waals surface area contributed by atoms with Crippen LogP contribution in [0.5, 0.6) is 0 Å². The zero-order valence-corrected chi connectivity index (χ0v) is 18.9. The number of piperazine rings is 1. The average molecular weight is 459 g/mol. The molecule has 1 aliphatic heterocycles. The molecule has 8 heteroatoms. The highest BCUT2D eigenvalue weighted by Crippen LogP contribution is 2.20. The fourth-order valence-corrected chi connectivity index (χ4v) is 4.89. The Morgan fingerprint density at radius 3 is 2.03 bits per heavy atom. The largest absolute Gasteiger partial charge is 0.334 e. The molecule has 0 saturated carbocycles. The van der Waals surface area contributed by atoms with Crippen LogP contribution in [0.3, 0.4) is 0 Å². The quantitative estimate of drug-likeness (QED) is 0.472. The second-order valence-corrected chi connectivity index (χ2v) is 9.23. The van der Waals surface area contributed by atoms with Gasteiger partial charge in [0.05, 0.1) is 16.0 Å². The van der Waals surface area contributed by atoms with Crippen LogP contribution >= 0.6 is 11.3 Å². The summed E-state index contributed by atoms with van der Waals surface area (Å²) in [7, 11) is 0. The number of aryl methyl sites for hydroxylation is 1. The maximum atomic E-state index is 13.5. The van der Waals surface area contributed by atoms with Crippen LogP contribution in [0.2, 0.25) is 0 Å². The number of benzene rings is 2. The second kappa shape index (κ2) is 8.63. The molecule has 1 aliphatic rings. The smallest absolute Gasteiger partial charge is 0.279 e. The number of thiophene rings is 1. The molecule has 0 unspecified atom stereocenters. The number of aromatic nitrogens is 2. The third-order valence-electron chi connectivity index (χ3n) is 5.81. The first-order valence-corrected chi connectivity index (χ1v) is 11.6. The third-order valence-corrected chi connectivity index (χ3v) is 6.80. The molecular formula is C25H22N4O3S. The van der Waals surface area contributed by atoms with Crippen molar-refractivity contribution in [1.82, 2.24) is 19.6 Å². The zero-order chi connectivity index (χ0) is 22.9. The van der Waals surface area contributed by atoms with Crippen molar-refractivity contribution < 1.29 is 9.59 Å². The van der Waals surface area contributed by atoms with Gasteiger partial charge in [-0.1, -0.05) is 36.4 Å². The monoisotopic (exact) mass is 458 g/mol. The van der Waals surface area contributed by atoms with Gasteiger partial charge in [-0.25, -0.2) is 0 Å². The van der Waals surface area contributed by atoms with Crippen LogP contribution < -0.4 is 5.56 Å². The van der Waals surface area contributed by atoms with E-state index >= 15 is 0 Å². The number of rotatable bonds is 3. The summed E-state index contributed by atoms with van der Waals surface area (Å²) in [4.78, 5) is 44.6. The minimum absolute atomic E-state index is 0.00130. The van der Waals surface area contributed by atoms with Crippen LogP contribution in [-0.2, 0) is 0 Å². The minimum Gasteiger partial charge on any atom is -0.334 e. The van der Waals surface area contributed by atoms with E-state index in [2.05, 4.69) is 5.10 Å². The van der Waals surface area contributed by atoms with Gasteiger partial charge in [-0.15, -0.1) is 11.3 Å². The molecule has 33 heavy (non-hydrogen) atoms. The van der Waals surface area contributed by atoms with E-state index in [9.17, 15) is 14.4 Å². The molecule has 2 aromatic heterocycles. The van der Waals surface area contributed by atoms with Gasteiger partial charge in [-0.05, 0) is 37.3 Å². The summed E-state index contributed by atoms with van der Waals surface area (Å²) in [6.07, 6.45) is 0. The summed E-state index contributed by atoms with van der Waals surface area (Å²) in [5.41, 5.74) is 0.571. The van der Waals surface area contributed by atoms with E-state index in [1.54, 1.807) is 46.2 Å². The molecule has 0 spiro atoms. The fraction of sp³-hybridized carbons (Fsp3) is 0.200. The first kappa shape index (κ1) is 21.1. The standard InChI is InChI=1S/C25H22N4O3S/c1-17-11-12-21(33-17)24(31)27-13-15-28(16-14-27)25(32)22-19-9-5-6-10-20(19)23(30)29(26-22)18-7-3-2-4-8-18/h2-12H,13-16H2,1H3. The predicted molar refractivity (Wildman–Crippen MR) is 128 cm³/mol. The molecular weight excluding hydrogens is 436 g/mol. The molecule has 0 bridgehead atoms. The molecule has 1 saturated heterocycles. The minimum atomic E-state index is -0.269. The number of hydrogen-bond acceptors (Lipinski definition) is 5. The normalized spacial score (nSPS) is 14.0. The Labute approximate surface area is 194 Å². The second-order valence-electron chi connectivity index (χ2n) is 7.94. The van der Waals surface area contributed by atoms with Crippen molar-refractivity contribution in [1.29, 1.82) is 0 Å². The van der Waals surface area contributed by atoms with Gasteiger partial charge in [0.1, 0.15) is 0 Å². The molecule has 0 N–H and O–H groups in total. The van der Waals surface area contributed by atoms with Gasteiger partial charge in [0.2, 0.25) is 0 Å². The lowest BCUT2D eigenvalue weighted by molar-refractivity contribution is 0.0535. The fourth-order valence-electron chi connectivity index (χ4n) is 4.06. The Bertz CT molecular complexity index is 1400. The highest BCUT2D eigenvalue weighted by molar-refractivity contribution is 7.13. The lowest BCUT2D eigenvalue weighted by Gasteiger charge is -2.34. The number of amides is 2. The number of nitrogens with zero attached hydrogens (tertiary/aromatic N) is 4. The molecule has 2 aromatic carbocycles. The summed E-state index contributed by atoms with van der Waals surface area (Å²) in [6, 6.07) is 19.9. The summed E-state index contributed by atoms with van der Waals surface area (Å²) < 4.78 is 1.29. The number of hydrogen-bond donors (Lipinski definition) is 0. The lowest BCUT2D eigenvalue weighted by atomic mass is 10.1. The Kier molecular flexibility index (Phi) is 5.51. The van der Waals surface area contributed by atoms with Crippen LogP contribution in [0.15, 0.2) is 71.5 Å². The maximum Gasteiger partial charge on any atom is 0.279 e. The van der Waals surface area contributed by atoms with Crippen LogP contribution in [-0.4, -0.2) is 57.6 Å². The van der Waals surface area contributed by atoms with Crippen molar-refractivity contribution in [2.75, 3.05) is 26.2 Å². The first-order chi connectivity index (χ1) is 16.0. The molecule has 0 atom stereocenters. The zero-order valence-electron chi connectivity index (χ0n) is 18.1. The Morgan fingerprint density at radius 1 is 0.788 bits per heavy atom. The van der Waals surface area contributed by atoms with Crippen molar-refractivity contribution in [3.8, 4) is 5.69 Å². The molecule has 2 amide bonds. The van der Waals surface area contributed by atoms with Crippen molar-refractivity contribution in [2.45, 2.75) is 6.92 Å². The average Bonchev–Trinajstić information content (AvgIpc) is 3.30. The van der Waals surface area contributed by atoms with E-state index in [0.29, 0.717) is 42.6 Å². The molecule has 7 nitrogen and oxygen atoms in total. The number of carbonyl (C=O) groups excluding carboxylic acids is 2. The maximum absolute atomic E-state index is 13.5. The summed E-state index contributed by atoms with van der Waals surface area (Å²) in [5.74, 6) is -0.239. The number of para-hydroxylation sites is 1. The number of fused-ring (bicyclic) bond motifs is 1. The van der Waals surface area contributed by atoms with E-state index in [0.717, 1.165) is 9.75 Å². The van der Waals surface area contributed by atoms with Gasteiger partial charge in [-0.3, -0.25) is 14.4 Å². The van der Waals surface area contributed by atoms with E-state index in [-0.39, 0.29) is 23.1 Å². The van der Waals surface area contributed by atoms with Crippen LogP contribution in [0.4, 0.5) is 0 Å². The topological polar surface area (TPSA) is 75.5 Å². The van der Waals surface area contributed by atoms with Crippen molar-refractivity contribution >= 4 is 33.9 Å². The van der Waals surface area contributed by atoms with Crippen molar-refractivity contribution in [3.05, 3.63) is 92.5 Å². The van der Waals surface area contributed by atoms with Crippen LogP contribution in [0.25, 0.3) is 16.5 Å². The molecule has 0 radical (unpaired) electrons. The van der Waals surface area contributed by atoms with Gasteiger partial charge in [0.25, 0.3) is 17.4 Å². The molecule has 5 rings (SSSR count). The molecule has 0 aliphatic carbocycles. The predicted octanol–water partition coefficient (Wildman–Crippen LogP) is 3.35.